The fourth-order valence-corrected chi connectivity index (χ4v) is 1.73. The van der Waals surface area contributed by atoms with Crippen LogP contribution >= 0.6 is 0 Å². The van der Waals surface area contributed by atoms with E-state index in [9.17, 15) is 4.79 Å². The van der Waals surface area contributed by atoms with E-state index in [4.69, 9.17) is 9.47 Å². The SMILES string of the molecule is COc1ccc(C=CC(=O)c2cccnc2)c(OC)c1. The molecule has 0 saturated carbocycles. The summed E-state index contributed by atoms with van der Waals surface area (Å²) in [6.45, 7) is 0. The van der Waals surface area contributed by atoms with Gasteiger partial charge in [0.2, 0.25) is 0 Å². The summed E-state index contributed by atoms with van der Waals surface area (Å²) in [7, 11) is 3.17. The summed E-state index contributed by atoms with van der Waals surface area (Å²) < 4.78 is 10.4. The first-order valence-corrected chi connectivity index (χ1v) is 6.09. The minimum atomic E-state index is -0.101. The number of ketones is 1. The first-order valence-electron chi connectivity index (χ1n) is 6.09. The number of pyridine rings is 1. The average Bonchev–Trinajstić information content (AvgIpc) is 2.53. The molecule has 2 aromatic rings. The van der Waals surface area contributed by atoms with Gasteiger partial charge >= 0.3 is 0 Å². The van der Waals surface area contributed by atoms with Gasteiger partial charge < -0.3 is 9.47 Å². The van der Waals surface area contributed by atoms with Crippen molar-refractivity contribution in [2.24, 2.45) is 0 Å². The molecule has 0 aliphatic carbocycles. The predicted octanol–water partition coefficient (Wildman–Crippen LogP) is 2.99. The summed E-state index contributed by atoms with van der Waals surface area (Å²) in [6.07, 6.45) is 6.39. The van der Waals surface area contributed by atoms with E-state index in [-0.39, 0.29) is 5.78 Å². The van der Waals surface area contributed by atoms with E-state index in [2.05, 4.69) is 4.98 Å². The van der Waals surface area contributed by atoms with Gasteiger partial charge in [-0.1, -0.05) is 0 Å². The highest BCUT2D eigenvalue weighted by Gasteiger charge is 2.04. The normalized spacial score (nSPS) is 10.5. The molecule has 4 nitrogen and oxygen atoms in total. The number of hydrogen-bond donors (Lipinski definition) is 0. The van der Waals surface area contributed by atoms with E-state index in [1.54, 1.807) is 44.7 Å². The van der Waals surface area contributed by atoms with Crippen molar-refractivity contribution < 1.29 is 14.3 Å². The number of benzene rings is 1. The van der Waals surface area contributed by atoms with Gasteiger partial charge in [0.15, 0.2) is 5.78 Å². The van der Waals surface area contributed by atoms with Crippen LogP contribution in [-0.2, 0) is 0 Å². The molecular formula is C16H15NO3. The van der Waals surface area contributed by atoms with Gasteiger partial charge in [-0.25, -0.2) is 0 Å². The lowest BCUT2D eigenvalue weighted by atomic mass is 10.1. The molecule has 0 spiro atoms. The molecule has 0 aliphatic heterocycles. The molecule has 20 heavy (non-hydrogen) atoms. The zero-order valence-electron chi connectivity index (χ0n) is 11.4. The van der Waals surface area contributed by atoms with Gasteiger partial charge in [-0.15, -0.1) is 0 Å². The maximum Gasteiger partial charge on any atom is 0.187 e. The molecule has 1 aromatic heterocycles. The molecule has 0 N–H and O–H groups in total. The van der Waals surface area contributed by atoms with Crippen molar-refractivity contribution in [3.05, 3.63) is 59.9 Å². The van der Waals surface area contributed by atoms with Gasteiger partial charge in [-0.2, -0.15) is 0 Å². The Morgan fingerprint density at radius 1 is 1.20 bits per heavy atom. The lowest BCUT2D eigenvalue weighted by Crippen LogP contribution is -1.95. The van der Waals surface area contributed by atoms with E-state index < -0.39 is 0 Å². The number of nitrogens with zero attached hydrogens (tertiary/aromatic N) is 1. The number of carbonyl (C=O) groups excluding carboxylic acids is 1. The molecule has 0 amide bonds. The third kappa shape index (κ3) is 3.23. The lowest BCUT2D eigenvalue weighted by Gasteiger charge is -2.07. The number of rotatable bonds is 5. The van der Waals surface area contributed by atoms with Crippen LogP contribution in [-0.4, -0.2) is 25.0 Å². The smallest absolute Gasteiger partial charge is 0.187 e. The predicted molar refractivity (Wildman–Crippen MR) is 77.1 cm³/mol. The molecule has 0 bridgehead atoms. The Labute approximate surface area is 117 Å². The maximum atomic E-state index is 11.9. The van der Waals surface area contributed by atoms with Crippen molar-refractivity contribution in [3.8, 4) is 11.5 Å². The van der Waals surface area contributed by atoms with Gasteiger partial charge in [-0.05, 0) is 36.4 Å². The Kier molecular flexibility index (Phi) is 4.50. The third-order valence-corrected chi connectivity index (χ3v) is 2.80. The van der Waals surface area contributed by atoms with Crippen LogP contribution in [0.2, 0.25) is 0 Å². The van der Waals surface area contributed by atoms with Gasteiger partial charge in [0, 0.05) is 29.6 Å². The highest BCUT2D eigenvalue weighted by Crippen LogP contribution is 2.25. The minimum Gasteiger partial charge on any atom is -0.497 e. The lowest BCUT2D eigenvalue weighted by molar-refractivity contribution is 0.104. The average molecular weight is 269 g/mol. The molecule has 0 saturated heterocycles. The standard InChI is InChI=1S/C16H15NO3/c1-19-14-7-5-12(16(10-14)20-2)6-8-15(18)13-4-3-9-17-11-13/h3-11H,1-2H3. The van der Waals surface area contributed by atoms with Crippen LogP contribution in [0.1, 0.15) is 15.9 Å². The fraction of sp³-hybridized carbons (Fsp3) is 0.125. The molecule has 0 unspecified atom stereocenters. The van der Waals surface area contributed by atoms with Crippen molar-refractivity contribution in [3.63, 3.8) is 0 Å². The number of allylic oxidation sites excluding steroid dienone is 1. The summed E-state index contributed by atoms with van der Waals surface area (Å²) in [6, 6.07) is 8.88. The van der Waals surface area contributed by atoms with Gasteiger partial charge in [0.1, 0.15) is 11.5 Å². The number of aromatic nitrogens is 1. The summed E-state index contributed by atoms with van der Waals surface area (Å²) in [5.41, 5.74) is 1.36. The molecule has 0 aliphatic rings. The first-order chi connectivity index (χ1) is 9.74. The quantitative estimate of drug-likeness (QED) is 0.618. The van der Waals surface area contributed by atoms with Gasteiger partial charge in [0.25, 0.3) is 0 Å². The van der Waals surface area contributed by atoms with Crippen molar-refractivity contribution in [2.45, 2.75) is 0 Å². The fourth-order valence-electron chi connectivity index (χ4n) is 1.73. The van der Waals surface area contributed by atoms with Crippen LogP contribution in [0.15, 0.2) is 48.8 Å². The Hall–Kier alpha value is -2.62. The molecular weight excluding hydrogens is 254 g/mol. The summed E-state index contributed by atoms with van der Waals surface area (Å²) in [4.78, 5) is 15.9. The van der Waals surface area contributed by atoms with Crippen molar-refractivity contribution in [2.75, 3.05) is 14.2 Å². The van der Waals surface area contributed by atoms with Crippen LogP contribution in [0.3, 0.4) is 0 Å². The molecule has 0 atom stereocenters. The topological polar surface area (TPSA) is 48.4 Å². The molecule has 102 valence electrons. The van der Waals surface area contributed by atoms with Crippen LogP contribution in [0, 0.1) is 0 Å². The zero-order valence-corrected chi connectivity index (χ0v) is 11.4. The Morgan fingerprint density at radius 2 is 2.05 bits per heavy atom. The van der Waals surface area contributed by atoms with E-state index in [1.807, 2.05) is 12.1 Å². The number of ether oxygens (including phenoxy) is 2. The van der Waals surface area contributed by atoms with E-state index in [1.165, 1.54) is 12.3 Å². The molecule has 4 heteroatoms. The van der Waals surface area contributed by atoms with Gasteiger partial charge in [0.05, 0.1) is 14.2 Å². The van der Waals surface area contributed by atoms with Crippen LogP contribution in [0.4, 0.5) is 0 Å². The number of methoxy groups -OCH3 is 2. The highest BCUT2D eigenvalue weighted by atomic mass is 16.5. The molecule has 1 aromatic carbocycles. The molecule has 0 radical (unpaired) electrons. The first kappa shape index (κ1) is 13.8. The second kappa shape index (κ2) is 6.52. The molecule has 0 fully saturated rings. The van der Waals surface area contributed by atoms with Gasteiger partial charge in [-0.3, -0.25) is 9.78 Å². The van der Waals surface area contributed by atoms with E-state index >= 15 is 0 Å². The monoisotopic (exact) mass is 269 g/mol. The van der Waals surface area contributed by atoms with Crippen molar-refractivity contribution in [1.29, 1.82) is 0 Å². The zero-order chi connectivity index (χ0) is 14.4. The van der Waals surface area contributed by atoms with Crippen LogP contribution < -0.4 is 9.47 Å². The largest absolute Gasteiger partial charge is 0.497 e. The summed E-state index contributed by atoms with van der Waals surface area (Å²) in [5.74, 6) is 1.26. The third-order valence-electron chi connectivity index (χ3n) is 2.80. The Balaban J connectivity index is 2.21. The summed E-state index contributed by atoms with van der Waals surface area (Å²) in [5, 5.41) is 0. The number of hydrogen-bond acceptors (Lipinski definition) is 4. The number of carbonyl (C=O) groups is 1. The van der Waals surface area contributed by atoms with Crippen molar-refractivity contribution >= 4 is 11.9 Å². The van der Waals surface area contributed by atoms with Crippen LogP contribution in [0.5, 0.6) is 11.5 Å². The Bertz CT molecular complexity index is 621. The van der Waals surface area contributed by atoms with E-state index in [0.29, 0.717) is 17.1 Å². The second-order valence-electron chi connectivity index (χ2n) is 4.05. The van der Waals surface area contributed by atoms with E-state index in [0.717, 1.165) is 5.56 Å². The highest BCUT2D eigenvalue weighted by molar-refractivity contribution is 6.06. The maximum absolute atomic E-state index is 11.9. The minimum absolute atomic E-state index is 0.101. The van der Waals surface area contributed by atoms with Crippen molar-refractivity contribution in [1.82, 2.24) is 4.98 Å². The molecule has 1 heterocycles. The van der Waals surface area contributed by atoms with Crippen LogP contribution in [0.25, 0.3) is 6.08 Å². The Morgan fingerprint density at radius 3 is 2.70 bits per heavy atom. The summed E-state index contributed by atoms with van der Waals surface area (Å²) >= 11 is 0. The molecule has 2 rings (SSSR count). The second-order valence-corrected chi connectivity index (χ2v) is 4.05.